The number of ether oxygens (including phenoxy) is 2. The number of nitrogens with two attached hydrogens (primary N) is 2. The average molecular weight is 718 g/mol. The fourth-order valence-corrected chi connectivity index (χ4v) is 4.94. The Kier molecular flexibility index (Phi) is 17.1. The van der Waals surface area contributed by atoms with Gasteiger partial charge in [-0.1, -0.05) is 41.9 Å². The summed E-state index contributed by atoms with van der Waals surface area (Å²) in [4.78, 5) is 26.4. The summed E-state index contributed by atoms with van der Waals surface area (Å²) < 4.78 is 11.7. The number of hydrogen-bond acceptors (Lipinski definition) is 13. The maximum atomic E-state index is 12.4. The summed E-state index contributed by atoms with van der Waals surface area (Å²) in [5, 5.41) is 52.2. The quantitative estimate of drug-likeness (QED) is 0.0430. The maximum Gasteiger partial charge on any atom is 0.280 e. The summed E-state index contributed by atoms with van der Waals surface area (Å²) in [6, 6.07) is 17.1. The van der Waals surface area contributed by atoms with E-state index in [1.54, 1.807) is 6.92 Å². The zero-order valence-electron chi connectivity index (χ0n) is 28.1. The number of aromatic nitrogens is 2. The predicted octanol–water partition coefficient (Wildman–Crippen LogP) is 0.674. The molecule has 0 spiro atoms. The Balaban J connectivity index is 1.41. The van der Waals surface area contributed by atoms with Gasteiger partial charge in [0.05, 0.1) is 25.0 Å². The highest BCUT2D eigenvalue weighted by molar-refractivity contribution is 6.30. The first-order valence-corrected chi connectivity index (χ1v) is 16.7. The van der Waals surface area contributed by atoms with E-state index in [0.29, 0.717) is 44.1 Å². The molecule has 1 amide bonds. The number of carbonyl (C=O) groups excluding carboxylic acids is 1. The third-order valence-electron chi connectivity index (χ3n) is 7.65. The number of benzene rings is 2. The fourth-order valence-electron chi connectivity index (χ4n) is 4.81. The maximum absolute atomic E-state index is 12.4. The van der Waals surface area contributed by atoms with Crippen molar-refractivity contribution in [3.05, 3.63) is 76.7 Å². The van der Waals surface area contributed by atoms with Crippen molar-refractivity contribution in [2.45, 2.75) is 57.0 Å². The predicted molar refractivity (Wildman–Crippen MR) is 189 cm³/mol. The Morgan fingerprint density at radius 2 is 1.58 bits per heavy atom. The van der Waals surface area contributed by atoms with E-state index in [4.69, 9.17) is 37.6 Å². The minimum Gasteiger partial charge on any atom is -0.494 e. The van der Waals surface area contributed by atoms with E-state index >= 15 is 0 Å². The SMILES string of the molecule is Cc1nc(N)c(C(=O)NC(N)=NCCCCc2ccc(OCCN(CCCOc3ccccc3)CC(O)C(O)C(O)C(O)CO)cc2)nc1Cl. The van der Waals surface area contributed by atoms with Crippen LogP contribution in [0.25, 0.3) is 0 Å². The van der Waals surface area contributed by atoms with Crippen LogP contribution in [0.2, 0.25) is 5.15 Å². The molecule has 0 aliphatic carbocycles. The van der Waals surface area contributed by atoms with Gasteiger partial charge in [-0.15, -0.1) is 0 Å². The molecule has 0 bridgehead atoms. The largest absolute Gasteiger partial charge is 0.494 e. The van der Waals surface area contributed by atoms with Crippen LogP contribution < -0.4 is 26.3 Å². The van der Waals surface area contributed by atoms with Crippen molar-refractivity contribution in [2.75, 3.05) is 51.7 Å². The van der Waals surface area contributed by atoms with Crippen molar-refractivity contribution in [3.8, 4) is 11.5 Å². The third kappa shape index (κ3) is 13.7. The fraction of sp³-hybridized carbons (Fsp3) is 0.471. The smallest absolute Gasteiger partial charge is 0.280 e. The number of anilines is 1. The average Bonchev–Trinajstić information content (AvgIpc) is 3.11. The van der Waals surface area contributed by atoms with Gasteiger partial charge in [-0.2, -0.15) is 0 Å². The number of guanidine groups is 1. The number of nitrogens with zero attached hydrogens (tertiary/aromatic N) is 4. The Bertz CT molecular complexity index is 1490. The zero-order valence-corrected chi connectivity index (χ0v) is 28.8. The van der Waals surface area contributed by atoms with Gasteiger partial charge in [0.2, 0.25) is 0 Å². The number of unbranched alkanes of at least 4 members (excludes halogenated alkanes) is 1. The minimum atomic E-state index is -1.70. The molecule has 1 aromatic heterocycles. The molecule has 0 fully saturated rings. The molecule has 4 atom stereocenters. The van der Waals surface area contributed by atoms with Gasteiger partial charge in [0.15, 0.2) is 22.6 Å². The summed E-state index contributed by atoms with van der Waals surface area (Å²) in [6.07, 6.45) is -3.33. The first-order valence-electron chi connectivity index (χ1n) is 16.3. The summed E-state index contributed by atoms with van der Waals surface area (Å²) in [5.74, 6) is 0.650. The van der Waals surface area contributed by atoms with E-state index in [-0.39, 0.29) is 35.8 Å². The Hall–Kier alpha value is -4.09. The normalized spacial score (nSPS) is 14.2. The standard InChI is InChI=1S/C34H48ClN7O8/c1-22-31(35)40-28(32(36)39-22)33(48)41-34(37)38-15-6-5-8-23-11-13-25(14-12-23)50-19-17-42(16-7-18-49-24-9-3-2-4-10-24)20-26(44)29(46)30(47)27(45)21-43/h2-4,9-14,26-27,29-30,43-47H,5-8,15-21H2,1H3,(H2,36,39)(H3,37,38,41,48). The monoisotopic (exact) mass is 717 g/mol. The van der Waals surface area contributed by atoms with Crippen LogP contribution in [0.5, 0.6) is 11.5 Å². The number of aliphatic hydroxyl groups excluding tert-OH is 5. The number of amides is 1. The second kappa shape index (κ2) is 21.2. The van der Waals surface area contributed by atoms with Gasteiger partial charge in [-0.25, -0.2) is 9.97 Å². The molecule has 15 nitrogen and oxygen atoms in total. The highest BCUT2D eigenvalue weighted by Crippen LogP contribution is 2.16. The van der Waals surface area contributed by atoms with E-state index < -0.39 is 36.9 Å². The number of carbonyl (C=O) groups is 1. The van der Waals surface area contributed by atoms with Gasteiger partial charge in [-0.3, -0.25) is 20.0 Å². The van der Waals surface area contributed by atoms with Gasteiger partial charge in [0.25, 0.3) is 5.91 Å². The van der Waals surface area contributed by atoms with Crippen molar-refractivity contribution in [2.24, 2.45) is 10.7 Å². The molecule has 0 aliphatic heterocycles. The van der Waals surface area contributed by atoms with Gasteiger partial charge in [0, 0.05) is 26.2 Å². The van der Waals surface area contributed by atoms with Crippen molar-refractivity contribution < 1.29 is 39.8 Å². The minimum absolute atomic E-state index is 0.00296. The van der Waals surface area contributed by atoms with Crippen molar-refractivity contribution in [1.82, 2.24) is 20.2 Å². The van der Waals surface area contributed by atoms with Crippen LogP contribution in [0.15, 0.2) is 59.6 Å². The molecular weight excluding hydrogens is 670 g/mol. The molecule has 16 heteroatoms. The van der Waals surface area contributed by atoms with Crippen LogP contribution in [0.1, 0.15) is 41.0 Å². The molecule has 0 saturated heterocycles. The Morgan fingerprint density at radius 1 is 0.920 bits per heavy atom. The molecule has 0 radical (unpaired) electrons. The summed E-state index contributed by atoms with van der Waals surface area (Å²) in [5.41, 5.74) is 13.0. The van der Waals surface area contributed by atoms with Crippen molar-refractivity contribution in [3.63, 3.8) is 0 Å². The first kappa shape index (κ1) is 40.3. The van der Waals surface area contributed by atoms with Crippen LogP contribution in [0.3, 0.4) is 0 Å². The van der Waals surface area contributed by atoms with Crippen molar-refractivity contribution in [1.29, 1.82) is 0 Å². The summed E-state index contributed by atoms with van der Waals surface area (Å²) in [6.45, 7) is 2.91. The Morgan fingerprint density at radius 3 is 2.28 bits per heavy atom. The van der Waals surface area contributed by atoms with Crippen molar-refractivity contribution >= 4 is 29.3 Å². The lowest BCUT2D eigenvalue weighted by molar-refractivity contribution is -0.119. The summed E-state index contributed by atoms with van der Waals surface area (Å²) in [7, 11) is 0. The number of halogens is 1. The number of aliphatic imine (C=N–C) groups is 1. The van der Waals surface area contributed by atoms with E-state index in [1.165, 1.54) is 0 Å². The van der Waals surface area contributed by atoms with Crippen LogP contribution in [0, 0.1) is 6.92 Å². The summed E-state index contributed by atoms with van der Waals surface area (Å²) >= 11 is 5.94. The number of nitrogen functional groups attached to an aromatic ring is 1. The number of hydrogen-bond donors (Lipinski definition) is 8. The number of para-hydroxylation sites is 1. The molecule has 4 unspecified atom stereocenters. The molecule has 50 heavy (non-hydrogen) atoms. The third-order valence-corrected chi connectivity index (χ3v) is 8.01. The van der Waals surface area contributed by atoms with E-state index in [9.17, 15) is 25.2 Å². The molecule has 0 aliphatic rings. The number of rotatable bonds is 21. The number of nitrogens with one attached hydrogen (secondary N) is 1. The molecule has 3 aromatic rings. The lowest BCUT2D eigenvalue weighted by Gasteiger charge is -2.30. The van der Waals surface area contributed by atoms with Gasteiger partial charge >= 0.3 is 0 Å². The molecule has 2 aromatic carbocycles. The molecule has 3 rings (SSSR count). The number of aryl methyl sites for hydroxylation is 2. The van der Waals surface area contributed by atoms with Crippen LogP contribution in [-0.4, -0.2) is 123 Å². The van der Waals surface area contributed by atoms with E-state index in [0.717, 1.165) is 30.6 Å². The number of aliphatic hydroxyl groups is 5. The molecule has 1 heterocycles. The van der Waals surface area contributed by atoms with E-state index in [2.05, 4.69) is 20.3 Å². The van der Waals surface area contributed by atoms with Gasteiger partial charge in [0.1, 0.15) is 36.4 Å². The van der Waals surface area contributed by atoms with Gasteiger partial charge in [-0.05, 0) is 62.4 Å². The second-order valence-corrected chi connectivity index (χ2v) is 12.0. The van der Waals surface area contributed by atoms with Crippen LogP contribution in [-0.2, 0) is 6.42 Å². The van der Waals surface area contributed by atoms with Gasteiger partial charge < -0.3 is 46.5 Å². The first-order chi connectivity index (χ1) is 24.0. The van der Waals surface area contributed by atoms with E-state index in [1.807, 2.05) is 59.5 Å². The molecule has 10 N–H and O–H groups in total. The second-order valence-electron chi connectivity index (χ2n) is 11.6. The molecular formula is C34H48ClN7O8. The highest BCUT2D eigenvalue weighted by atomic mass is 35.5. The molecule has 0 saturated carbocycles. The van der Waals surface area contributed by atoms with Crippen LogP contribution >= 0.6 is 11.6 Å². The Labute approximate surface area is 296 Å². The van der Waals surface area contributed by atoms with Crippen LogP contribution in [0.4, 0.5) is 5.82 Å². The highest BCUT2D eigenvalue weighted by Gasteiger charge is 2.31. The zero-order chi connectivity index (χ0) is 36.5. The topological polar surface area (TPSA) is 242 Å². The lowest BCUT2D eigenvalue weighted by atomic mass is 10.0. The lowest BCUT2D eigenvalue weighted by Crippen LogP contribution is -2.50. The molecule has 274 valence electrons.